The van der Waals surface area contributed by atoms with Gasteiger partial charge in [-0.1, -0.05) is 0 Å². The summed E-state index contributed by atoms with van der Waals surface area (Å²) in [6, 6.07) is 6.39. The summed E-state index contributed by atoms with van der Waals surface area (Å²) in [6.07, 6.45) is 2.34. The predicted molar refractivity (Wildman–Crippen MR) is 76.7 cm³/mol. The average Bonchev–Trinajstić information content (AvgIpc) is 3.29. The molecule has 6 heteroatoms. The molecule has 0 spiro atoms. The van der Waals surface area contributed by atoms with Crippen LogP contribution in [-0.2, 0) is 6.54 Å². The van der Waals surface area contributed by atoms with Crippen molar-refractivity contribution in [1.82, 2.24) is 15.3 Å². The van der Waals surface area contributed by atoms with E-state index in [1.807, 2.05) is 0 Å². The van der Waals surface area contributed by atoms with Gasteiger partial charge in [-0.15, -0.1) is 0 Å². The van der Waals surface area contributed by atoms with Gasteiger partial charge in [-0.05, 0) is 31.0 Å². The molecule has 1 saturated carbocycles. The fraction of sp³-hybridized carbons (Fsp3) is 0.333. The number of rotatable bonds is 5. The van der Waals surface area contributed by atoms with Gasteiger partial charge in [0.05, 0.1) is 12.8 Å². The third kappa shape index (κ3) is 3.28. The molecule has 1 fully saturated rings. The number of nitrogens with one attached hydrogen (secondary N) is 2. The van der Waals surface area contributed by atoms with Gasteiger partial charge in [-0.25, -0.2) is 9.37 Å². The maximum absolute atomic E-state index is 13.4. The molecule has 110 valence electrons. The molecule has 2 aromatic rings. The van der Waals surface area contributed by atoms with Crippen molar-refractivity contribution in [3.63, 3.8) is 0 Å². The van der Waals surface area contributed by atoms with Gasteiger partial charge < -0.3 is 15.0 Å². The molecule has 0 radical (unpaired) electrons. The van der Waals surface area contributed by atoms with Crippen LogP contribution in [-0.4, -0.2) is 23.1 Å². The van der Waals surface area contributed by atoms with Crippen molar-refractivity contribution in [2.24, 2.45) is 0 Å². The number of hydrogen-bond donors (Lipinski definition) is 2. The van der Waals surface area contributed by atoms with Crippen LogP contribution < -0.4 is 15.6 Å². The number of aromatic amines is 1. The summed E-state index contributed by atoms with van der Waals surface area (Å²) >= 11 is 0. The molecule has 1 aromatic heterocycles. The monoisotopic (exact) mass is 289 g/mol. The van der Waals surface area contributed by atoms with E-state index in [-0.39, 0.29) is 11.3 Å². The molecular weight excluding hydrogens is 273 g/mol. The number of methoxy groups -OCH3 is 1. The summed E-state index contributed by atoms with van der Waals surface area (Å²) in [5.74, 6) is 0.0835. The molecular formula is C15H16FN3O2. The molecule has 0 unspecified atom stereocenters. The van der Waals surface area contributed by atoms with Gasteiger partial charge in [-0.2, -0.15) is 0 Å². The Morgan fingerprint density at radius 1 is 1.43 bits per heavy atom. The van der Waals surface area contributed by atoms with E-state index in [0.29, 0.717) is 29.7 Å². The summed E-state index contributed by atoms with van der Waals surface area (Å²) in [6.45, 7) is 0.555. The first-order valence-electron chi connectivity index (χ1n) is 6.83. The largest absolute Gasteiger partial charge is 0.494 e. The highest BCUT2D eigenvalue weighted by Gasteiger charge is 2.20. The van der Waals surface area contributed by atoms with E-state index >= 15 is 0 Å². The van der Waals surface area contributed by atoms with Crippen molar-refractivity contribution in [3.05, 3.63) is 46.1 Å². The lowest BCUT2D eigenvalue weighted by Gasteiger charge is -2.07. The minimum atomic E-state index is -0.449. The quantitative estimate of drug-likeness (QED) is 0.881. The van der Waals surface area contributed by atoms with E-state index < -0.39 is 5.82 Å². The van der Waals surface area contributed by atoms with Crippen LogP contribution in [0.5, 0.6) is 5.75 Å². The van der Waals surface area contributed by atoms with Crippen LogP contribution in [0.15, 0.2) is 29.1 Å². The van der Waals surface area contributed by atoms with Crippen LogP contribution in [0.1, 0.15) is 18.5 Å². The van der Waals surface area contributed by atoms with Gasteiger partial charge in [0.25, 0.3) is 5.56 Å². The van der Waals surface area contributed by atoms with E-state index in [4.69, 9.17) is 4.74 Å². The first-order chi connectivity index (χ1) is 10.2. The molecule has 0 amide bonds. The highest BCUT2D eigenvalue weighted by molar-refractivity contribution is 5.57. The number of hydrogen-bond acceptors (Lipinski definition) is 4. The molecule has 21 heavy (non-hydrogen) atoms. The van der Waals surface area contributed by atoms with E-state index in [1.165, 1.54) is 38.2 Å². The van der Waals surface area contributed by atoms with E-state index in [9.17, 15) is 9.18 Å². The van der Waals surface area contributed by atoms with Gasteiger partial charge in [0.2, 0.25) is 0 Å². The highest BCUT2D eigenvalue weighted by atomic mass is 19.1. The summed E-state index contributed by atoms with van der Waals surface area (Å²) in [7, 11) is 1.40. The van der Waals surface area contributed by atoms with Crippen molar-refractivity contribution < 1.29 is 9.13 Å². The fourth-order valence-electron chi connectivity index (χ4n) is 2.08. The molecule has 3 rings (SSSR count). The maximum atomic E-state index is 13.4. The number of nitrogens with zero attached hydrogens (tertiary/aromatic N) is 1. The number of H-pyrrole nitrogens is 1. The average molecular weight is 289 g/mol. The molecule has 0 bridgehead atoms. The smallest absolute Gasteiger partial charge is 0.251 e. The molecule has 1 aliphatic carbocycles. The van der Waals surface area contributed by atoms with Crippen molar-refractivity contribution in [2.75, 3.05) is 7.11 Å². The normalized spacial score (nSPS) is 14.2. The zero-order chi connectivity index (χ0) is 14.8. The molecule has 0 atom stereocenters. The SMILES string of the molecule is COc1cc(-c2nc(CNC3CC3)cc(=O)[nH]2)ccc1F. The topological polar surface area (TPSA) is 67.0 Å². The lowest BCUT2D eigenvalue weighted by atomic mass is 10.2. The Kier molecular flexibility index (Phi) is 3.70. The molecule has 2 N–H and O–H groups in total. The van der Waals surface area contributed by atoms with Crippen molar-refractivity contribution in [3.8, 4) is 17.1 Å². The van der Waals surface area contributed by atoms with Gasteiger partial charge in [-0.3, -0.25) is 4.79 Å². The summed E-state index contributed by atoms with van der Waals surface area (Å²) < 4.78 is 18.4. The summed E-state index contributed by atoms with van der Waals surface area (Å²) in [4.78, 5) is 18.8. The second-order valence-corrected chi connectivity index (χ2v) is 5.09. The molecule has 0 aliphatic heterocycles. The highest BCUT2D eigenvalue weighted by Crippen LogP contribution is 2.24. The van der Waals surface area contributed by atoms with Gasteiger partial charge in [0.15, 0.2) is 11.6 Å². The molecule has 1 aromatic carbocycles. The second kappa shape index (κ2) is 5.65. The van der Waals surface area contributed by atoms with E-state index in [2.05, 4.69) is 15.3 Å². The van der Waals surface area contributed by atoms with Crippen molar-refractivity contribution in [2.45, 2.75) is 25.4 Å². The van der Waals surface area contributed by atoms with Gasteiger partial charge >= 0.3 is 0 Å². The Morgan fingerprint density at radius 2 is 2.24 bits per heavy atom. The molecule has 5 nitrogen and oxygen atoms in total. The Balaban J connectivity index is 1.91. The standard InChI is InChI=1S/C15H16FN3O2/c1-21-13-6-9(2-5-12(13)16)15-18-11(7-14(20)19-15)8-17-10-3-4-10/h2,5-7,10,17H,3-4,8H2,1H3,(H,18,19,20). The minimum Gasteiger partial charge on any atom is -0.494 e. The zero-order valence-corrected chi connectivity index (χ0v) is 11.6. The summed E-state index contributed by atoms with van der Waals surface area (Å²) in [5, 5.41) is 3.31. The Bertz CT molecular complexity index is 710. The minimum absolute atomic E-state index is 0.122. The molecule has 1 heterocycles. The Morgan fingerprint density at radius 3 is 2.95 bits per heavy atom. The van der Waals surface area contributed by atoms with Crippen LogP contribution in [0.3, 0.4) is 0 Å². The number of aromatic nitrogens is 2. The van der Waals surface area contributed by atoms with Crippen LogP contribution >= 0.6 is 0 Å². The van der Waals surface area contributed by atoms with Crippen LogP contribution in [0, 0.1) is 5.82 Å². The first-order valence-corrected chi connectivity index (χ1v) is 6.83. The summed E-state index contributed by atoms with van der Waals surface area (Å²) in [5.41, 5.74) is 1.05. The number of halogens is 1. The first kappa shape index (κ1) is 13.8. The zero-order valence-electron chi connectivity index (χ0n) is 11.6. The molecule has 0 saturated heterocycles. The van der Waals surface area contributed by atoms with Crippen LogP contribution in [0.25, 0.3) is 11.4 Å². The lowest BCUT2D eigenvalue weighted by molar-refractivity contribution is 0.386. The second-order valence-electron chi connectivity index (χ2n) is 5.09. The fourth-order valence-corrected chi connectivity index (χ4v) is 2.08. The van der Waals surface area contributed by atoms with Crippen LogP contribution in [0.4, 0.5) is 4.39 Å². The van der Waals surface area contributed by atoms with E-state index in [1.54, 1.807) is 6.07 Å². The maximum Gasteiger partial charge on any atom is 0.251 e. The van der Waals surface area contributed by atoms with E-state index in [0.717, 1.165) is 0 Å². The van der Waals surface area contributed by atoms with Gasteiger partial charge in [0.1, 0.15) is 5.82 Å². The predicted octanol–water partition coefficient (Wildman–Crippen LogP) is 1.84. The lowest BCUT2D eigenvalue weighted by Crippen LogP contribution is -2.19. The third-order valence-corrected chi connectivity index (χ3v) is 3.37. The Hall–Kier alpha value is -2.21. The van der Waals surface area contributed by atoms with Gasteiger partial charge in [0, 0.05) is 24.2 Å². The van der Waals surface area contributed by atoms with Crippen molar-refractivity contribution >= 4 is 0 Å². The number of ether oxygens (including phenoxy) is 1. The Labute approximate surface area is 121 Å². The number of benzene rings is 1. The molecule has 1 aliphatic rings. The third-order valence-electron chi connectivity index (χ3n) is 3.37. The van der Waals surface area contributed by atoms with Crippen molar-refractivity contribution in [1.29, 1.82) is 0 Å². The van der Waals surface area contributed by atoms with Crippen LogP contribution in [0.2, 0.25) is 0 Å².